The number of pyridine rings is 1. The molecule has 0 bridgehead atoms. The highest BCUT2D eigenvalue weighted by molar-refractivity contribution is 6.05. The van der Waals surface area contributed by atoms with E-state index in [9.17, 15) is 4.79 Å². The zero-order valence-corrected chi connectivity index (χ0v) is 11.1. The number of aliphatic hydroxyl groups is 1. The van der Waals surface area contributed by atoms with Gasteiger partial charge in [-0.25, -0.2) is 0 Å². The molecule has 0 aliphatic rings. The van der Waals surface area contributed by atoms with Gasteiger partial charge in [0.05, 0.1) is 17.4 Å². The summed E-state index contributed by atoms with van der Waals surface area (Å²) in [6, 6.07) is 8.90. The summed E-state index contributed by atoms with van der Waals surface area (Å²) in [6.45, 7) is 1.69. The van der Waals surface area contributed by atoms with Crippen molar-refractivity contribution in [3.8, 4) is 11.8 Å². The Kier molecular flexibility index (Phi) is 4.48. The largest absolute Gasteiger partial charge is 0.384 e. The Morgan fingerprint density at radius 1 is 1.40 bits per heavy atom. The van der Waals surface area contributed by atoms with Crippen molar-refractivity contribution < 1.29 is 9.90 Å². The molecule has 4 nitrogen and oxygen atoms in total. The van der Waals surface area contributed by atoms with Crippen molar-refractivity contribution in [3.05, 3.63) is 59.4 Å². The Morgan fingerprint density at radius 3 is 2.95 bits per heavy atom. The first-order chi connectivity index (χ1) is 9.70. The van der Waals surface area contributed by atoms with Gasteiger partial charge in [0.1, 0.15) is 6.61 Å². The first kappa shape index (κ1) is 13.8. The molecule has 2 N–H and O–H groups in total. The molecule has 0 fully saturated rings. The molecule has 1 heterocycles. The van der Waals surface area contributed by atoms with Gasteiger partial charge in [0.25, 0.3) is 5.91 Å². The third-order valence-electron chi connectivity index (χ3n) is 2.64. The fourth-order valence-corrected chi connectivity index (χ4v) is 1.73. The maximum Gasteiger partial charge on any atom is 0.256 e. The fraction of sp³-hybridized carbons (Fsp3) is 0.125. The van der Waals surface area contributed by atoms with Crippen molar-refractivity contribution in [2.24, 2.45) is 0 Å². The van der Waals surface area contributed by atoms with Crippen molar-refractivity contribution in [2.45, 2.75) is 6.92 Å². The normalized spacial score (nSPS) is 9.50. The zero-order chi connectivity index (χ0) is 14.4. The van der Waals surface area contributed by atoms with Crippen molar-refractivity contribution in [3.63, 3.8) is 0 Å². The van der Waals surface area contributed by atoms with E-state index in [2.05, 4.69) is 22.1 Å². The summed E-state index contributed by atoms with van der Waals surface area (Å²) in [5.74, 6) is 5.11. The van der Waals surface area contributed by atoms with Crippen LogP contribution >= 0.6 is 0 Å². The average Bonchev–Trinajstić information content (AvgIpc) is 2.46. The standard InChI is InChI=1S/C16H14N2O2/c1-12-6-7-15(13(10-12)4-3-9-19)16(20)18-14-5-2-8-17-11-14/h2,5-8,10-11,19H,9H2,1H3,(H,18,20). The van der Waals surface area contributed by atoms with Crippen molar-refractivity contribution in [1.29, 1.82) is 0 Å². The van der Waals surface area contributed by atoms with E-state index in [1.807, 2.05) is 19.1 Å². The number of nitrogens with one attached hydrogen (secondary N) is 1. The second-order valence-electron chi connectivity index (χ2n) is 4.20. The first-order valence-corrected chi connectivity index (χ1v) is 6.12. The Labute approximate surface area is 117 Å². The average molecular weight is 266 g/mol. The van der Waals surface area contributed by atoms with Crippen LogP contribution in [0.25, 0.3) is 0 Å². The second-order valence-corrected chi connectivity index (χ2v) is 4.20. The van der Waals surface area contributed by atoms with E-state index in [1.165, 1.54) is 0 Å². The maximum absolute atomic E-state index is 12.2. The van der Waals surface area contributed by atoms with E-state index in [0.29, 0.717) is 16.8 Å². The zero-order valence-electron chi connectivity index (χ0n) is 11.1. The fourth-order valence-electron chi connectivity index (χ4n) is 1.73. The number of hydrogen-bond donors (Lipinski definition) is 2. The van der Waals surface area contributed by atoms with E-state index in [1.54, 1.807) is 30.6 Å². The number of rotatable bonds is 2. The smallest absolute Gasteiger partial charge is 0.256 e. The van der Waals surface area contributed by atoms with Crippen LogP contribution in [0.5, 0.6) is 0 Å². The van der Waals surface area contributed by atoms with Gasteiger partial charge in [-0.05, 0) is 36.8 Å². The van der Waals surface area contributed by atoms with Gasteiger partial charge in [-0.1, -0.05) is 17.9 Å². The van der Waals surface area contributed by atoms with Gasteiger partial charge in [0.2, 0.25) is 0 Å². The van der Waals surface area contributed by atoms with E-state index >= 15 is 0 Å². The maximum atomic E-state index is 12.2. The summed E-state index contributed by atoms with van der Waals surface area (Å²) in [5.41, 5.74) is 2.70. The Balaban J connectivity index is 2.30. The van der Waals surface area contributed by atoms with E-state index in [4.69, 9.17) is 5.11 Å². The molecule has 100 valence electrons. The predicted octanol–water partition coefficient (Wildman–Crippen LogP) is 1.99. The molecule has 0 saturated carbocycles. The van der Waals surface area contributed by atoms with Crippen molar-refractivity contribution in [1.82, 2.24) is 4.98 Å². The first-order valence-electron chi connectivity index (χ1n) is 6.12. The molecule has 0 aliphatic heterocycles. The quantitative estimate of drug-likeness (QED) is 0.817. The van der Waals surface area contributed by atoms with Crippen LogP contribution in [0.4, 0.5) is 5.69 Å². The van der Waals surface area contributed by atoms with Gasteiger partial charge in [0.15, 0.2) is 0 Å². The Morgan fingerprint density at radius 2 is 2.25 bits per heavy atom. The summed E-state index contributed by atoms with van der Waals surface area (Å²) < 4.78 is 0. The minimum absolute atomic E-state index is 0.238. The Hall–Kier alpha value is -2.64. The molecule has 0 aliphatic carbocycles. The topological polar surface area (TPSA) is 62.2 Å². The SMILES string of the molecule is Cc1ccc(C(=O)Nc2cccnc2)c(C#CCO)c1. The molecule has 0 spiro atoms. The molecular weight excluding hydrogens is 252 g/mol. The minimum atomic E-state index is -0.250. The number of benzene rings is 1. The molecular formula is C16H14N2O2. The number of aryl methyl sites for hydroxylation is 1. The third-order valence-corrected chi connectivity index (χ3v) is 2.64. The number of anilines is 1. The summed E-state index contributed by atoms with van der Waals surface area (Å²) in [5, 5.41) is 11.5. The minimum Gasteiger partial charge on any atom is -0.384 e. The Bertz CT molecular complexity index is 670. The number of carbonyl (C=O) groups excluding carboxylic acids is 1. The molecule has 1 aromatic carbocycles. The number of aromatic nitrogens is 1. The number of hydrogen-bond acceptors (Lipinski definition) is 3. The molecule has 0 atom stereocenters. The highest BCUT2D eigenvalue weighted by Gasteiger charge is 2.10. The van der Waals surface area contributed by atoms with Crippen molar-refractivity contribution >= 4 is 11.6 Å². The lowest BCUT2D eigenvalue weighted by Crippen LogP contribution is -2.13. The summed E-state index contributed by atoms with van der Waals surface area (Å²) >= 11 is 0. The van der Waals surface area contributed by atoms with Gasteiger partial charge in [-0.3, -0.25) is 9.78 Å². The van der Waals surface area contributed by atoms with E-state index in [0.717, 1.165) is 5.56 Å². The number of aliphatic hydroxyl groups excluding tert-OH is 1. The second kappa shape index (κ2) is 6.50. The van der Waals surface area contributed by atoms with Gasteiger partial charge in [-0.2, -0.15) is 0 Å². The molecule has 1 aromatic heterocycles. The third kappa shape index (κ3) is 3.44. The monoisotopic (exact) mass is 266 g/mol. The van der Waals surface area contributed by atoms with Crippen LogP contribution in [-0.4, -0.2) is 22.6 Å². The molecule has 4 heteroatoms. The van der Waals surface area contributed by atoms with Gasteiger partial charge in [-0.15, -0.1) is 0 Å². The van der Waals surface area contributed by atoms with Crippen LogP contribution in [0.2, 0.25) is 0 Å². The lowest BCUT2D eigenvalue weighted by atomic mass is 10.0. The summed E-state index contributed by atoms with van der Waals surface area (Å²) in [4.78, 5) is 16.2. The van der Waals surface area contributed by atoms with Crippen LogP contribution in [0.3, 0.4) is 0 Å². The van der Waals surface area contributed by atoms with E-state index < -0.39 is 0 Å². The molecule has 0 saturated heterocycles. The van der Waals surface area contributed by atoms with Crippen LogP contribution in [0, 0.1) is 18.8 Å². The summed E-state index contributed by atoms with van der Waals surface area (Å²) in [7, 11) is 0. The number of nitrogens with zero attached hydrogens (tertiary/aromatic N) is 1. The van der Waals surface area contributed by atoms with Crippen LogP contribution in [0.1, 0.15) is 21.5 Å². The molecule has 0 unspecified atom stereocenters. The van der Waals surface area contributed by atoms with Crippen molar-refractivity contribution in [2.75, 3.05) is 11.9 Å². The predicted molar refractivity (Wildman–Crippen MR) is 77.3 cm³/mol. The summed E-state index contributed by atoms with van der Waals surface area (Å²) in [6.07, 6.45) is 3.21. The van der Waals surface area contributed by atoms with Gasteiger partial charge < -0.3 is 10.4 Å². The van der Waals surface area contributed by atoms with Gasteiger partial charge >= 0.3 is 0 Å². The molecule has 2 aromatic rings. The molecule has 0 radical (unpaired) electrons. The number of carbonyl (C=O) groups is 1. The molecule has 20 heavy (non-hydrogen) atoms. The molecule has 1 amide bonds. The highest BCUT2D eigenvalue weighted by Crippen LogP contribution is 2.13. The van der Waals surface area contributed by atoms with Gasteiger partial charge in [0, 0.05) is 11.8 Å². The van der Waals surface area contributed by atoms with E-state index in [-0.39, 0.29) is 12.5 Å². The van der Waals surface area contributed by atoms with Crippen LogP contribution in [-0.2, 0) is 0 Å². The lowest BCUT2D eigenvalue weighted by molar-refractivity contribution is 0.102. The van der Waals surface area contributed by atoms with Crippen LogP contribution < -0.4 is 5.32 Å². The van der Waals surface area contributed by atoms with Crippen LogP contribution in [0.15, 0.2) is 42.7 Å². The molecule has 2 rings (SSSR count). The highest BCUT2D eigenvalue weighted by atomic mass is 16.2. The lowest BCUT2D eigenvalue weighted by Gasteiger charge is -2.07. The number of amides is 1.